The first-order valence-electron chi connectivity index (χ1n) is 5.79. The fourth-order valence-corrected chi connectivity index (χ4v) is 2.17. The second-order valence-electron chi connectivity index (χ2n) is 3.99. The smallest absolute Gasteiger partial charge is 0.252 e. The summed E-state index contributed by atoms with van der Waals surface area (Å²) >= 11 is 3.17. The Hall–Kier alpha value is -1.75. The number of carbonyl (C=O) groups is 1. The van der Waals surface area contributed by atoms with E-state index in [2.05, 4.69) is 26.2 Å². The van der Waals surface area contributed by atoms with Gasteiger partial charge in [0.1, 0.15) is 5.82 Å². The second kappa shape index (κ2) is 6.43. The van der Waals surface area contributed by atoms with Gasteiger partial charge in [-0.1, -0.05) is 6.07 Å². The second-order valence-corrected chi connectivity index (χ2v) is 4.85. The largest absolute Gasteiger partial charge is 0.352 e. The van der Waals surface area contributed by atoms with Crippen molar-refractivity contribution >= 4 is 21.8 Å². The Kier molecular flexibility index (Phi) is 4.63. The van der Waals surface area contributed by atoms with Crippen molar-refractivity contribution in [3.8, 4) is 0 Å². The number of amides is 1. The van der Waals surface area contributed by atoms with Gasteiger partial charge >= 0.3 is 0 Å². The van der Waals surface area contributed by atoms with Crippen molar-refractivity contribution < 1.29 is 9.18 Å². The average Bonchev–Trinajstić information content (AvgIpc) is 2.39. The summed E-state index contributed by atoms with van der Waals surface area (Å²) in [5, 5.41) is 2.79. The average molecular weight is 323 g/mol. The van der Waals surface area contributed by atoms with Gasteiger partial charge in [0.25, 0.3) is 5.91 Å². The molecule has 0 atom stereocenters. The number of rotatable bonds is 4. The van der Waals surface area contributed by atoms with Crippen LogP contribution in [0.15, 0.2) is 47.2 Å². The lowest BCUT2D eigenvalue weighted by atomic mass is 10.2. The maximum atomic E-state index is 12.9. The standard InChI is InChI=1S/C14H12BrFN2O/c15-13-8-11(16)3-4-12(13)14(19)18-7-5-10-2-1-6-17-9-10/h1-4,6,8-9H,5,7H2,(H,18,19). The third-order valence-corrected chi connectivity index (χ3v) is 3.25. The third kappa shape index (κ3) is 3.86. The summed E-state index contributed by atoms with van der Waals surface area (Å²) in [6, 6.07) is 7.80. The molecule has 0 aliphatic rings. The minimum atomic E-state index is -0.376. The fraction of sp³-hybridized carbons (Fsp3) is 0.143. The Morgan fingerprint density at radius 2 is 2.21 bits per heavy atom. The molecule has 1 N–H and O–H groups in total. The van der Waals surface area contributed by atoms with Crippen LogP contribution in [0.3, 0.4) is 0 Å². The molecule has 0 aliphatic carbocycles. The first kappa shape index (κ1) is 13.7. The molecule has 3 nitrogen and oxygen atoms in total. The molecule has 19 heavy (non-hydrogen) atoms. The molecule has 1 aromatic heterocycles. The van der Waals surface area contributed by atoms with Crippen molar-refractivity contribution in [2.45, 2.75) is 6.42 Å². The van der Waals surface area contributed by atoms with Crippen LogP contribution < -0.4 is 5.32 Å². The van der Waals surface area contributed by atoms with E-state index >= 15 is 0 Å². The topological polar surface area (TPSA) is 42.0 Å². The number of pyridine rings is 1. The Bertz CT molecular complexity index is 575. The zero-order chi connectivity index (χ0) is 13.7. The van der Waals surface area contributed by atoms with E-state index in [1.165, 1.54) is 18.2 Å². The maximum Gasteiger partial charge on any atom is 0.252 e. The van der Waals surface area contributed by atoms with Crippen LogP contribution in [0.25, 0.3) is 0 Å². The van der Waals surface area contributed by atoms with Crippen molar-refractivity contribution in [2.24, 2.45) is 0 Å². The molecule has 0 saturated heterocycles. The van der Waals surface area contributed by atoms with Gasteiger partial charge in [0.2, 0.25) is 0 Å². The van der Waals surface area contributed by atoms with Gasteiger partial charge in [0, 0.05) is 23.4 Å². The van der Waals surface area contributed by atoms with Crippen LogP contribution in [0.1, 0.15) is 15.9 Å². The number of nitrogens with zero attached hydrogens (tertiary/aromatic N) is 1. The van der Waals surface area contributed by atoms with Crippen LogP contribution in [-0.4, -0.2) is 17.4 Å². The van der Waals surface area contributed by atoms with Crippen molar-refractivity contribution in [1.82, 2.24) is 10.3 Å². The third-order valence-electron chi connectivity index (χ3n) is 2.60. The molecule has 0 aliphatic heterocycles. The van der Waals surface area contributed by atoms with Crippen LogP contribution in [0, 0.1) is 5.82 Å². The van der Waals surface area contributed by atoms with Gasteiger partial charge in [-0.05, 0) is 52.2 Å². The predicted octanol–water partition coefficient (Wildman–Crippen LogP) is 2.96. The van der Waals surface area contributed by atoms with Gasteiger partial charge in [-0.25, -0.2) is 4.39 Å². The van der Waals surface area contributed by atoms with Gasteiger partial charge in [-0.15, -0.1) is 0 Å². The molecule has 2 rings (SSSR count). The summed E-state index contributed by atoms with van der Waals surface area (Å²) in [5.74, 6) is -0.602. The highest BCUT2D eigenvalue weighted by Gasteiger charge is 2.09. The summed E-state index contributed by atoms with van der Waals surface area (Å²) in [6.45, 7) is 0.508. The number of halogens is 2. The molecule has 0 unspecified atom stereocenters. The van der Waals surface area contributed by atoms with Crippen molar-refractivity contribution in [2.75, 3.05) is 6.54 Å². The van der Waals surface area contributed by atoms with Gasteiger partial charge in [0.05, 0.1) is 5.56 Å². The van der Waals surface area contributed by atoms with Crippen molar-refractivity contribution in [3.63, 3.8) is 0 Å². The molecule has 0 spiro atoms. The van der Waals surface area contributed by atoms with Gasteiger partial charge in [-0.2, -0.15) is 0 Å². The molecular formula is C14H12BrFN2O. The summed E-state index contributed by atoms with van der Waals surface area (Å²) in [6.07, 6.45) is 4.18. The minimum Gasteiger partial charge on any atom is -0.352 e. The first-order chi connectivity index (χ1) is 9.16. The van der Waals surface area contributed by atoms with E-state index in [4.69, 9.17) is 0 Å². The van der Waals surface area contributed by atoms with Crippen LogP contribution in [0.5, 0.6) is 0 Å². The summed E-state index contributed by atoms with van der Waals surface area (Å²) in [5.41, 5.74) is 1.48. The van der Waals surface area contributed by atoms with E-state index < -0.39 is 0 Å². The number of nitrogens with one attached hydrogen (secondary N) is 1. The molecule has 0 radical (unpaired) electrons. The van der Waals surface area contributed by atoms with Crippen LogP contribution in [0.4, 0.5) is 4.39 Å². The van der Waals surface area contributed by atoms with Crippen LogP contribution >= 0.6 is 15.9 Å². The number of benzene rings is 1. The lowest BCUT2D eigenvalue weighted by Crippen LogP contribution is -2.26. The molecule has 0 bridgehead atoms. The van der Waals surface area contributed by atoms with Crippen molar-refractivity contribution in [3.05, 3.63) is 64.1 Å². The van der Waals surface area contributed by atoms with E-state index in [0.717, 1.165) is 5.56 Å². The highest BCUT2D eigenvalue weighted by molar-refractivity contribution is 9.10. The minimum absolute atomic E-state index is 0.226. The molecule has 1 aromatic carbocycles. The SMILES string of the molecule is O=C(NCCc1cccnc1)c1ccc(F)cc1Br. The normalized spacial score (nSPS) is 10.2. The molecular weight excluding hydrogens is 311 g/mol. The highest BCUT2D eigenvalue weighted by Crippen LogP contribution is 2.17. The lowest BCUT2D eigenvalue weighted by molar-refractivity contribution is 0.0953. The van der Waals surface area contributed by atoms with E-state index in [1.54, 1.807) is 12.4 Å². The summed E-state index contributed by atoms with van der Waals surface area (Å²) in [7, 11) is 0. The Balaban J connectivity index is 1.91. The van der Waals surface area contributed by atoms with Crippen LogP contribution in [0.2, 0.25) is 0 Å². The number of hydrogen-bond donors (Lipinski definition) is 1. The zero-order valence-electron chi connectivity index (χ0n) is 10.1. The molecule has 2 aromatic rings. The molecule has 1 heterocycles. The number of aromatic nitrogens is 1. The molecule has 0 saturated carbocycles. The molecule has 0 fully saturated rings. The number of carbonyl (C=O) groups excluding carboxylic acids is 1. The zero-order valence-corrected chi connectivity index (χ0v) is 11.7. The van der Waals surface area contributed by atoms with E-state index in [0.29, 0.717) is 23.0 Å². The molecule has 5 heteroatoms. The fourth-order valence-electron chi connectivity index (χ4n) is 1.64. The quantitative estimate of drug-likeness (QED) is 0.940. The maximum absolute atomic E-state index is 12.9. The number of hydrogen-bond acceptors (Lipinski definition) is 2. The van der Waals surface area contributed by atoms with E-state index in [9.17, 15) is 9.18 Å². The lowest BCUT2D eigenvalue weighted by Gasteiger charge is -2.07. The monoisotopic (exact) mass is 322 g/mol. The predicted molar refractivity (Wildman–Crippen MR) is 74.4 cm³/mol. The van der Waals surface area contributed by atoms with Gasteiger partial charge in [-0.3, -0.25) is 9.78 Å². The highest BCUT2D eigenvalue weighted by atomic mass is 79.9. The molecule has 1 amide bonds. The Labute approximate surface area is 119 Å². The van der Waals surface area contributed by atoms with E-state index in [-0.39, 0.29) is 11.7 Å². The Morgan fingerprint density at radius 1 is 1.37 bits per heavy atom. The molecule has 98 valence electrons. The summed E-state index contributed by atoms with van der Waals surface area (Å²) in [4.78, 5) is 15.9. The van der Waals surface area contributed by atoms with Crippen LogP contribution in [-0.2, 0) is 6.42 Å². The Morgan fingerprint density at radius 3 is 2.89 bits per heavy atom. The first-order valence-corrected chi connectivity index (χ1v) is 6.58. The van der Waals surface area contributed by atoms with E-state index in [1.807, 2.05) is 12.1 Å². The summed E-state index contributed by atoms with van der Waals surface area (Å²) < 4.78 is 13.4. The van der Waals surface area contributed by atoms with Crippen molar-refractivity contribution in [1.29, 1.82) is 0 Å². The van der Waals surface area contributed by atoms with Gasteiger partial charge < -0.3 is 5.32 Å². The van der Waals surface area contributed by atoms with Gasteiger partial charge in [0.15, 0.2) is 0 Å².